The lowest BCUT2D eigenvalue weighted by Crippen LogP contribution is -2.50. The number of rotatable bonds is 4. The van der Waals surface area contributed by atoms with Gasteiger partial charge in [0.25, 0.3) is 0 Å². The molecule has 2 unspecified atom stereocenters. The number of amides is 1. The number of thiophene rings is 1. The summed E-state index contributed by atoms with van der Waals surface area (Å²) >= 11 is 1.56. The molecule has 3 rings (SSSR count). The van der Waals surface area contributed by atoms with Crippen molar-refractivity contribution in [3.8, 4) is 0 Å². The SMILES string of the molecule is Cl.O=C(Cc1ccsc1)NC1CNCCC1c1ccc(F)c(F)c1. The van der Waals surface area contributed by atoms with Crippen molar-refractivity contribution in [1.29, 1.82) is 0 Å². The van der Waals surface area contributed by atoms with E-state index < -0.39 is 11.6 Å². The van der Waals surface area contributed by atoms with Crippen LogP contribution in [-0.4, -0.2) is 25.0 Å². The second kappa shape index (κ2) is 8.55. The van der Waals surface area contributed by atoms with Crippen molar-refractivity contribution in [3.05, 3.63) is 57.8 Å². The molecular weight excluding hydrogens is 354 g/mol. The van der Waals surface area contributed by atoms with Crippen molar-refractivity contribution in [2.24, 2.45) is 0 Å². The maximum Gasteiger partial charge on any atom is 0.224 e. The van der Waals surface area contributed by atoms with Crippen LogP contribution >= 0.6 is 23.7 Å². The van der Waals surface area contributed by atoms with Gasteiger partial charge in [0.2, 0.25) is 5.91 Å². The Morgan fingerprint density at radius 3 is 2.83 bits per heavy atom. The van der Waals surface area contributed by atoms with Crippen LogP contribution in [0.25, 0.3) is 0 Å². The Labute approximate surface area is 149 Å². The molecule has 0 spiro atoms. The minimum atomic E-state index is -0.847. The predicted octanol–water partition coefficient (Wildman–Crippen LogP) is 3.25. The van der Waals surface area contributed by atoms with E-state index in [-0.39, 0.29) is 30.3 Å². The molecule has 1 saturated heterocycles. The van der Waals surface area contributed by atoms with Gasteiger partial charge in [-0.05, 0) is 53.1 Å². The van der Waals surface area contributed by atoms with Gasteiger partial charge in [-0.25, -0.2) is 8.78 Å². The molecule has 3 nitrogen and oxygen atoms in total. The van der Waals surface area contributed by atoms with Crippen molar-refractivity contribution in [2.75, 3.05) is 13.1 Å². The summed E-state index contributed by atoms with van der Waals surface area (Å²) in [5.74, 6) is -1.76. The van der Waals surface area contributed by atoms with Gasteiger partial charge in [0.15, 0.2) is 11.6 Å². The zero-order valence-corrected chi connectivity index (χ0v) is 14.6. The molecule has 1 amide bonds. The maximum absolute atomic E-state index is 13.5. The fraction of sp³-hybridized carbons (Fsp3) is 0.353. The zero-order chi connectivity index (χ0) is 16.2. The standard InChI is InChI=1S/C17H18F2N2OS.ClH/c18-14-2-1-12(8-15(14)19)13-3-5-20-9-16(13)21-17(22)7-11-4-6-23-10-11;/h1-2,4,6,8,10,13,16,20H,3,5,7,9H2,(H,21,22);1H. The van der Waals surface area contributed by atoms with Crippen LogP contribution in [0.2, 0.25) is 0 Å². The van der Waals surface area contributed by atoms with Crippen LogP contribution in [0.1, 0.15) is 23.5 Å². The minimum absolute atomic E-state index is 0. The van der Waals surface area contributed by atoms with E-state index in [9.17, 15) is 13.6 Å². The van der Waals surface area contributed by atoms with Crippen LogP contribution in [0.5, 0.6) is 0 Å². The van der Waals surface area contributed by atoms with Gasteiger partial charge >= 0.3 is 0 Å². The van der Waals surface area contributed by atoms with Gasteiger partial charge in [-0.2, -0.15) is 11.3 Å². The molecule has 2 heterocycles. The van der Waals surface area contributed by atoms with E-state index in [2.05, 4.69) is 10.6 Å². The Bertz CT molecular complexity index is 681. The van der Waals surface area contributed by atoms with Crippen molar-refractivity contribution in [2.45, 2.75) is 24.8 Å². The molecule has 2 N–H and O–H groups in total. The number of nitrogens with one attached hydrogen (secondary N) is 2. The largest absolute Gasteiger partial charge is 0.351 e. The summed E-state index contributed by atoms with van der Waals surface area (Å²) in [6.45, 7) is 1.42. The Morgan fingerprint density at radius 2 is 2.12 bits per heavy atom. The van der Waals surface area contributed by atoms with Crippen LogP contribution in [0.3, 0.4) is 0 Å². The minimum Gasteiger partial charge on any atom is -0.351 e. The van der Waals surface area contributed by atoms with Crippen molar-refractivity contribution in [3.63, 3.8) is 0 Å². The first-order chi connectivity index (χ1) is 11.1. The van der Waals surface area contributed by atoms with Crippen molar-refractivity contribution < 1.29 is 13.6 Å². The van der Waals surface area contributed by atoms with Crippen molar-refractivity contribution in [1.82, 2.24) is 10.6 Å². The Kier molecular flexibility index (Phi) is 6.71. The first kappa shape index (κ1) is 18.8. The molecule has 1 aromatic heterocycles. The highest BCUT2D eigenvalue weighted by Gasteiger charge is 2.28. The second-order valence-electron chi connectivity index (χ2n) is 5.76. The molecule has 1 aromatic carbocycles. The fourth-order valence-corrected chi connectivity index (χ4v) is 3.66. The summed E-state index contributed by atoms with van der Waals surface area (Å²) in [5.41, 5.74) is 1.71. The van der Waals surface area contributed by atoms with E-state index in [1.807, 2.05) is 16.8 Å². The molecule has 7 heteroatoms. The van der Waals surface area contributed by atoms with E-state index >= 15 is 0 Å². The number of carbonyl (C=O) groups excluding carboxylic acids is 1. The van der Waals surface area contributed by atoms with Gasteiger partial charge in [0, 0.05) is 18.5 Å². The van der Waals surface area contributed by atoms with Crippen LogP contribution in [0.4, 0.5) is 8.78 Å². The molecule has 0 bridgehead atoms. The van der Waals surface area contributed by atoms with Gasteiger partial charge in [-0.15, -0.1) is 12.4 Å². The summed E-state index contributed by atoms with van der Waals surface area (Å²) in [5, 5.41) is 10.2. The van der Waals surface area contributed by atoms with Crippen LogP contribution < -0.4 is 10.6 Å². The lowest BCUT2D eigenvalue weighted by molar-refractivity contribution is -0.121. The normalized spacial score (nSPS) is 20.2. The lowest BCUT2D eigenvalue weighted by Gasteiger charge is -2.33. The molecule has 0 saturated carbocycles. The highest BCUT2D eigenvalue weighted by molar-refractivity contribution is 7.08. The van der Waals surface area contributed by atoms with Crippen LogP contribution in [0, 0.1) is 11.6 Å². The van der Waals surface area contributed by atoms with Gasteiger partial charge in [0.1, 0.15) is 0 Å². The first-order valence-corrected chi connectivity index (χ1v) is 8.54. The summed E-state index contributed by atoms with van der Waals surface area (Å²) in [6, 6.07) is 5.79. The third-order valence-corrected chi connectivity index (χ3v) is 4.88. The number of piperidine rings is 1. The van der Waals surface area contributed by atoms with Gasteiger partial charge in [-0.3, -0.25) is 4.79 Å². The molecule has 1 aliphatic heterocycles. The first-order valence-electron chi connectivity index (χ1n) is 7.59. The van der Waals surface area contributed by atoms with Gasteiger partial charge < -0.3 is 10.6 Å². The van der Waals surface area contributed by atoms with Crippen molar-refractivity contribution >= 4 is 29.7 Å². The van der Waals surface area contributed by atoms with E-state index in [0.717, 1.165) is 30.2 Å². The van der Waals surface area contributed by atoms with Gasteiger partial charge in [0.05, 0.1) is 6.42 Å². The number of carbonyl (C=O) groups is 1. The smallest absolute Gasteiger partial charge is 0.224 e. The molecule has 1 aliphatic rings. The Hall–Kier alpha value is -1.50. The van der Waals surface area contributed by atoms with Crippen LogP contribution in [-0.2, 0) is 11.2 Å². The molecule has 0 aliphatic carbocycles. The van der Waals surface area contributed by atoms with E-state index in [4.69, 9.17) is 0 Å². The predicted molar refractivity (Wildman–Crippen MR) is 93.8 cm³/mol. The fourth-order valence-electron chi connectivity index (χ4n) is 2.99. The molecule has 130 valence electrons. The van der Waals surface area contributed by atoms with E-state index in [0.29, 0.717) is 13.0 Å². The van der Waals surface area contributed by atoms with Gasteiger partial charge in [-0.1, -0.05) is 6.07 Å². The number of benzene rings is 1. The topological polar surface area (TPSA) is 41.1 Å². The summed E-state index contributed by atoms with van der Waals surface area (Å²) in [7, 11) is 0. The summed E-state index contributed by atoms with van der Waals surface area (Å²) in [6.07, 6.45) is 1.11. The molecule has 24 heavy (non-hydrogen) atoms. The van der Waals surface area contributed by atoms with E-state index in [1.54, 1.807) is 17.4 Å². The summed E-state index contributed by atoms with van der Waals surface area (Å²) in [4.78, 5) is 12.2. The lowest BCUT2D eigenvalue weighted by atomic mass is 9.86. The zero-order valence-electron chi connectivity index (χ0n) is 12.9. The summed E-state index contributed by atoms with van der Waals surface area (Å²) < 4.78 is 26.6. The number of hydrogen-bond acceptors (Lipinski definition) is 3. The molecule has 2 atom stereocenters. The Morgan fingerprint density at radius 1 is 1.29 bits per heavy atom. The van der Waals surface area contributed by atoms with Crippen LogP contribution in [0.15, 0.2) is 35.0 Å². The molecule has 1 fully saturated rings. The highest BCUT2D eigenvalue weighted by atomic mass is 35.5. The monoisotopic (exact) mass is 372 g/mol. The maximum atomic E-state index is 13.5. The van der Waals surface area contributed by atoms with E-state index in [1.165, 1.54) is 6.07 Å². The molecule has 0 radical (unpaired) electrons. The number of hydrogen-bond donors (Lipinski definition) is 2. The quantitative estimate of drug-likeness (QED) is 0.865. The number of halogens is 3. The average Bonchev–Trinajstić information content (AvgIpc) is 3.03. The Balaban J connectivity index is 0.00000208. The average molecular weight is 373 g/mol. The second-order valence-corrected chi connectivity index (χ2v) is 6.54. The highest BCUT2D eigenvalue weighted by Crippen LogP contribution is 2.27. The third-order valence-electron chi connectivity index (χ3n) is 4.15. The molecule has 2 aromatic rings. The third kappa shape index (κ3) is 4.53. The molecular formula is C17H19ClF2N2OS.